The predicted octanol–water partition coefficient (Wildman–Crippen LogP) is 5.19. The first-order valence-corrected chi connectivity index (χ1v) is 8.54. The summed E-state index contributed by atoms with van der Waals surface area (Å²) in [5.74, 6) is 0.470. The highest BCUT2D eigenvalue weighted by Gasteiger charge is 2.23. The molecular formula is C17H17NS2. The topological polar surface area (TPSA) is 12.9 Å². The summed E-state index contributed by atoms with van der Waals surface area (Å²) in [6.07, 6.45) is 6.75. The summed E-state index contributed by atoms with van der Waals surface area (Å²) in [6, 6.07) is 8.66. The summed E-state index contributed by atoms with van der Waals surface area (Å²) < 4.78 is 0. The van der Waals surface area contributed by atoms with Crippen LogP contribution in [0.5, 0.6) is 0 Å². The Kier molecular flexibility index (Phi) is 4.08. The first kappa shape index (κ1) is 13.7. The molecule has 3 rings (SSSR count). The van der Waals surface area contributed by atoms with Gasteiger partial charge in [-0.2, -0.15) is 0 Å². The molecule has 0 aliphatic carbocycles. The summed E-state index contributed by atoms with van der Waals surface area (Å²) in [6.45, 7) is 4.24. The number of aromatic nitrogens is 1. The molecule has 2 heterocycles. The zero-order valence-electron chi connectivity index (χ0n) is 11.6. The van der Waals surface area contributed by atoms with Crippen LogP contribution in [-0.4, -0.2) is 10.2 Å². The molecule has 0 bridgehead atoms. The molecule has 0 radical (unpaired) electrons. The third-order valence-corrected chi connectivity index (χ3v) is 5.39. The summed E-state index contributed by atoms with van der Waals surface area (Å²) in [4.78, 5) is 4.49. The molecular weight excluding hydrogens is 282 g/mol. The van der Waals surface area contributed by atoms with Crippen molar-refractivity contribution in [1.82, 2.24) is 4.98 Å². The van der Waals surface area contributed by atoms with Gasteiger partial charge in [0.1, 0.15) is 0 Å². The zero-order valence-corrected chi connectivity index (χ0v) is 13.2. The van der Waals surface area contributed by atoms with Crippen molar-refractivity contribution in [2.24, 2.45) is 0 Å². The van der Waals surface area contributed by atoms with Gasteiger partial charge in [-0.3, -0.25) is 0 Å². The smallest absolute Gasteiger partial charge is 0.0901 e. The van der Waals surface area contributed by atoms with Crippen LogP contribution >= 0.6 is 23.1 Å². The molecule has 0 saturated carbocycles. The number of aryl methyl sites for hydroxylation is 2. The molecule has 3 heteroatoms. The highest BCUT2D eigenvalue weighted by atomic mass is 32.2. The highest BCUT2D eigenvalue weighted by Crippen LogP contribution is 2.39. The van der Waals surface area contributed by atoms with Crippen molar-refractivity contribution >= 4 is 29.2 Å². The van der Waals surface area contributed by atoms with Gasteiger partial charge in [-0.1, -0.05) is 36.4 Å². The maximum Gasteiger partial charge on any atom is 0.0901 e. The van der Waals surface area contributed by atoms with E-state index >= 15 is 0 Å². The van der Waals surface area contributed by atoms with E-state index in [1.165, 1.54) is 11.1 Å². The molecule has 1 aromatic heterocycles. The van der Waals surface area contributed by atoms with E-state index in [2.05, 4.69) is 65.2 Å². The number of rotatable bonds is 3. The van der Waals surface area contributed by atoms with Crippen LogP contribution in [-0.2, 0) is 0 Å². The number of hydrogen-bond acceptors (Lipinski definition) is 3. The Hall–Kier alpha value is -1.32. The largest absolute Gasteiger partial charge is 0.242 e. The van der Waals surface area contributed by atoms with Crippen molar-refractivity contribution in [2.45, 2.75) is 25.0 Å². The van der Waals surface area contributed by atoms with Crippen molar-refractivity contribution in [2.75, 3.05) is 0 Å². The first-order chi connectivity index (χ1) is 9.74. The number of hydrogen-bond donors (Lipinski definition) is 0. The lowest BCUT2D eigenvalue weighted by molar-refractivity contribution is 0.888. The van der Waals surface area contributed by atoms with Gasteiger partial charge in [-0.05, 0) is 36.5 Å². The van der Waals surface area contributed by atoms with Gasteiger partial charge in [-0.15, -0.1) is 23.1 Å². The lowest BCUT2D eigenvalue weighted by atomic mass is 9.92. The fraction of sp³-hybridized carbons (Fsp3) is 0.235. The Morgan fingerprint density at radius 1 is 1.20 bits per heavy atom. The summed E-state index contributed by atoms with van der Waals surface area (Å²) >= 11 is 3.59. The van der Waals surface area contributed by atoms with E-state index in [4.69, 9.17) is 0 Å². The van der Waals surface area contributed by atoms with Crippen molar-refractivity contribution in [3.63, 3.8) is 0 Å². The van der Waals surface area contributed by atoms with Crippen LogP contribution in [0.1, 0.15) is 27.7 Å². The first-order valence-electron chi connectivity index (χ1n) is 6.72. The third kappa shape index (κ3) is 2.89. The Bertz CT molecular complexity index is 655. The highest BCUT2D eigenvalue weighted by molar-refractivity contribution is 8.03. The van der Waals surface area contributed by atoms with Crippen molar-refractivity contribution in [1.29, 1.82) is 0 Å². The minimum atomic E-state index is 0.470. The van der Waals surface area contributed by atoms with E-state index in [-0.39, 0.29) is 0 Å². The van der Waals surface area contributed by atoms with Gasteiger partial charge in [0.2, 0.25) is 0 Å². The summed E-state index contributed by atoms with van der Waals surface area (Å²) in [7, 11) is 0. The molecule has 102 valence electrons. The Morgan fingerprint density at radius 2 is 2.05 bits per heavy atom. The molecule has 1 aliphatic heterocycles. The van der Waals surface area contributed by atoms with E-state index in [9.17, 15) is 0 Å². The average molecular weight is 299 g/mol. The molecule has 1 nitrogen and oxygen atoms in total. The standard InChI is InChI=1S/C17H17NS2/c1-12-5-3-4-6-15(12)16-9-10-19-17(16)8-7-14-11-20-13(2)18-14/h3-11,16-17H,1-2H3. The van der Waals surface area contributed by atoms with Crippen molar-refractivity contribution in [3.05, 3.63) is 69.0 Å². The number of benzene rings is 1. The second-order valence-corrected chi connectivity index (χ2v) is 7.11. The molecule has 2 atom stereocenters. The van der Waals surface area contributed by atoms with Crippen LogP contribution in [0.25, 0.3) is 6.08 Å². The molecule has 0 spiro atoms. The van der Waals surface area contributed by atoms with Gasteiger partial charge in [0.05, 0.1) is 10.7 Å². The van der Waals surface area contributed by atoms with Crippen LogP contribution in [0.3, 0.4) is 0 Å². The van der Waals surface area contributed by atoms with Crippen LogP contribution in [0, 0.1) is 13.8 Å². The molecule has 0 amide bonds. The molecule has 20 heavy (non-hydrogen) atoms. The van der Waals surface area contributed by atoms with Crippen LogP contribution in [0.15, 0.2) is 47.2 Å². The molecule has 1 aliphatic rings. The van der Waals surface area contributed by atoms with E-state index < -0.39 is 0 Å². The van der Waals surface area contributed by atoms with Crippen molar-refractivity contribution < 1.29 is 0 Å². The van der Waals surface area contributed by atoms with Gasteiger partial charge < -0.3 is 0 Å². The normalized spacial score (nSPS) is 21.9. The molecule has 2 unspecified atom stereocenters. The second-order valence-electron chi connectivity index (χ2n) is 4.96. The quantitative estimate of drug-likeness (QED) is 0.774. The Balaban J connectivity index is 1.80. The average Bonchev–Trinajstić information content (AvgIpc) is 3.06. The number of thiazole rings is 1. The second kappa shape index (κ2) is 5.98. The Labute approximate surface area is 128 Å². The van der Waals surface area contributed by atoms with Gasteiger partial charge >= 0.3 is 0 Å². The monoisotopic (exact) mass is 299 g/mol. The zero-order chi connectivity index (χ0) is 13.9. The van der Waals surface area contributed by atoms with Gasteiger partial charge in [0.25, 0.3) is 0 Å². The minimum Gasteiger partial charge on any atom is -0.242 e. The molecule has 0 N–H and O–H groups in total. The van der Waals surface area contributed by atoms with E-state index in [1.807, 2.05) is 18.7 Å². The fourth-order valence-corrected chi connectivity index (χ4v) is 4.07. The van der Waals surface area contributed by atoms with Crippen molar-refractivity contribution in [3.8, 4) is 0 Å². The lowest BCUT2D eigenvalue weighted by Gasteiger charge is -2.17. The predicted molar refractivity (Wildman–Crippen MR) is 90.3 cm³/mol. The molecule has 0 fully saturated rings. The van der Waals surface area contributed by atoms with E-state index in [0.29, 0.717) is 11.2 Å². The maximum absolute atomic E-state index is 4.49. The minimum absolute atomic E-state index is 0.470. The van der Waals surface area contributed by atoms with Crippen LogP contribution < -0.4 is 0 Å². The van der Waals surface area contributed by atoms with Crippen LogP contribution in [0.2, 0.25) is 0 Å². The summed E-state index contributed by atoms with van der Waals surface area (Å²) in [5.41, 5.74) is 3.87. The van der Waals surface area contributed by atoms with Gasteiger partial charge in [0.15, 0.2) is 0 Å². The van der Waals surface area contributed by atoms with E-state index in [1.54, 1.807) is 11.3 Å². The lowest BCUT2D eigenvalue weighted by Crippen LogP contribution is -2.08. The number of thioether (sulfide) groups is 1. The molecule has 0 saturated heterocycles. The third-order valence-electron chi connectivity index (χ3n) is 3.52. The summed E-state index contributed by atoms with van der Waals surface area (Å²) in [5, 5.41) is 5.93. The molecule has 1 aromatic carbocycles. The maximum atomic E-state index is 4.49. The fourth-order valence-electron chi connectivity index (χ4n) is 2.47. The van der Waals surface area contributed by atoms with Gasteiger partial charge in [-0.25, -0.2) is 4.98 Å². The number of allylic oxidation sites excluding steroid dienone is 1. The number of nitrogens with zero attached hydrogens (tertiary/aromatic N) is 1. The van der Waals surface area contributed by atoms with Crippen LogP contribution in [0.4, 0.5) is 0 Å². The SMILES string of the molecule is Cc1nc(C=CC2SC=CC2c2ccccc2C)cs1. The van der Waals surface area contributed by atoms with E-state index in [0.717, 1.165) is 10.7 Å². The molecule has 2 aromatic rings. The Morgan fingerprint density at radius 3 is 2.80 bits per heavy atom. The van der Waals surface area contributed by atoms with Gasteiger partial charge in [0, 0.05) is 16.5 Å².